The molecule has 0 fully saturated rings. The van der Waals surface area contributed by atoms with Crippen molar-refractivity contribution in [2.24, 2.45) is 0 Å². The van der Waals surface area contributed by atoms with E-state index in [0.29, 0.717) is 22.6 Å². The van der Waals surface area contributed by atoms with Crippen molar-refractivity contribution in [3.05, 3.63) is 47.0 Å². The number of anilines is 1. The smallest absolute Gasteiger partial charge is 0.338 e. The van der Waals surface area contributed by atoms with E-state index in [-0.39, 0.29) is 29.3 Å². The fourth-order valence-corrected chi connectivity index (χ4v) is 2.63. The number of methoxy groups -OCH3 is 1. The van der Waals surface area contributed by atoms with E-state index in [0.717, 1.165) is 0 Å². The molecule has 0 aromatic heterocycles. The number of ether oxygens (including phenoxy) is 3. The van der Waals surface area contributed by atoms with Crippen LogP contribution in [0.15, 0.2) is 30.3 Å². The highest BCUT2D eigenvalue weighted by molar-refractivity contribution is 6.07. The predicted molar refractivity (Wildman–Crippen MR) is 110 cm³/mol. The van der Waals surface area contributed by atoms with Gasteiger partial charge in [-0.05, 0) is 64.4 Å². The molecule has 2 N–H and O–H groups in total. The molecule has 2 aromatic carbocycles. The number of rotatable bonds is 7. The molecule has 2 rings (SSSR count). The van der Waals surface area contributed by atoms with Gasteiger partial charge in [0.05, 0.1) is 36.1 Å². The Bertz CT molecular complexity index is 904. The Morgan fingerprint density at radius 3 is 2.31 bits per heavy atom. The molecule has 0 saturated carbocycles. The van der Waals surface area contributed by atoms with Crippen LogP contribution in [-0.2, 0) is 4.74 Å². The number of aromatic hydroxyl groups is 1. The Morgan fingerprint density at radius 2 is 1.72 bits per heavy atom. The number of nitrogens with one attached hydrogen (secondary N) is 1. The Labute approximate surface area is 170 Å². The summed E-state index contributed by atoms with van der Waals surface area (Å²) in [5.74, 6) is -0.627. The molecule has 7 nitrogen and oxygen atoms in total. The molecular weight excluding hydrogens is 374 g/mol. The van der Waals surface area contributed by atoms with E-state index in [4.69, 9.17) is 14.2 Å². The van der Waals surface area contributed by atoms with Gasteiger partial charge in [0, 0.05) is 0 Å². The number of carbonyl (C=O) groups excluding carboxylic acids is 2. The molecule has 0 unspecified atom stereocenters. The van der Waals surface area contributed by atoms with Crippen LogP contribution in [0, 0.1) is 6.92 Å². The Balaban J connectivity index is 2.37. The van der Waals surface area contributed by atoms with Crippen molar-refractivity contribution in [2.75, 3.05) is 12.4 Å². The van der Waals surface area contributed by atoms with Gasteiger partial charge in [-0.3, -0.25) is 4.79 Å². The van der Waals surface area contributed by atoms with Crippen molar-refractivity contribution in [1.29, 1.82) is 0 Å². The van der Waals surface area contributed by atoms with Gasteiger partial charge in [0.15, 0.2) is 11.5 Å². The molecule has 0 bridgehead atoms. The number of phenolic OH excluding ortho intramolecular Hbond substituents is 1. The van der Waals surface area contributed by atoms with Gasteiger partial charge in [-0.1, -0.05) is 6.07 Å². The van der Waals surface area contributed by atoms with E-state index < -0.39 is 11.9 Å². The van der Waals surface area contributed by atoms with E-state index >= 15 is 0 Å². The van der Waals surface area contributed by atoms with E-state index in [2.05, 4.69) is 5.32 Å². The lowest BCUT2D eigenvalue weighted by Crippen LogP contribution is -2.17. The van der Waals surface area contributed by atoms with Crippen molar-refractivity contribution >= 4 is 17.6 Å². The second-order valence-corrected chi connectivity index (χ2v) is 7.10. The van der Waals surface area contributed by atoms with Crippen LogP contribution in [0.3, 0.4) is 0 Å². The minimum Gasteiger partial charge on any atom is -0.504 e. The summed E-state index contributed by atoms with van der Waals surface area (Å²) in [6.45, 7) is 8.92. The van der Waals surface area contributed by atoms with E-state index in [1.807, 2.05) is 13.8 Å². The summed E-state index contributed by atoms with van der Waals surface area (Å²) in [6.07, 6.45) is -0.432. The first kappa shape index (κ1) is 22.1. The molecule has 29 heavy (non-hydrogen) atoms. The quantitative estimate of drug-likeness (QED) is 0.671. The van der Waals surface area contributed by atoms with Crippen molar-refractivity contribution in [3.63, 3.8) is 0 Å². The lowest BCUT2D eigenvalue weighted by molar-refractivity contribution is 0.0377. The SMILES string of the molecule is COc1c(C(=O)Nc2ccc(C(=O)OC(C)C)cc2OC(C)C)ccc(C)c1O. The number of phenols is 1. The van der Waals surface area contributed by atoms with Crippen molar-refractivity contribution in [2.45, 2.75) is 46.8 Å². The Kier molecular flexibility index (Phi) is 7.09. The summed E-state index contributed by atoms with van der Waals surface area (Å²) in [6, 6.07) is 7.86. The zero-order valence-electron chi connectivity index (χ0n) is 17.5. The van der Waals surface area contributed by atoms with Crippen LogP contribution in [0.4, 0.5) is 5.69 Å². The van der Waals surface area contributed by atoms with Crippen molar-refractivity contribution in [1.82, 2.24) is 0 Å². The molecule has 0 radical (unpaired) electrons. The van der Waals surface area contributed by atoms with Crippen LogP contribution in [-0.4, -0.2) is 36.3 Å². The van der Waals surface area contributed by atoms with Gasteiger partial charge < -0.3 is 24.6 Å². The highest BCUT2D eigenvalue weighted by Crippen LogP contribution is 2.35. The number of esters is 1. The number of hydrogen-bond acceptors (Lipinski definition) is 6. The first-order valence-electron chi connectivity index (χ1n) is 9.33. The van der Waals surface area contributed by atoms with Gasteiger partial charge in [0.1, 0.15) is 5.75 Å². The highest BCUT2D eigenvalue weighted by Gasteiger charge is 2.20. The summed E-state index contributed by atoms with van der Waals surface area (Å²) >= 11 is 0. The molecule has 0 atom stereocenters. The molecule has 0 aliphatic carbocycles. The molecule has 0 saturated heterocycles. The number of hydrogen-bond donors (Lipinski definition) is 2. The average Bonchev–Trinajstić information content (AvgIpc) is 2.64. The molecule has 1 amide bonds. The third-order valence-corrected chi connectivity index (χ3v) is 3.95. The fraction of sp³-hybridized carbons (Fsp3) is 0.364. The van der Waals surface area contributed by atoms with Gasteiger partial charge in [-0.2, -0.15) is 0 Å². The molecule has 0 heterocycles. The minimum absolute atomic E-state index is 0.0889. The van der Waals surface area contributed by atoms with Crippen LogP contribution < -0.4 is 14.8 Å². The maximum Gasteiger partial charge on any atom is 0.338 e. The van der Waals surface area contributed by atoms with Gasteiger partial charge in [0.25, 0.3) is 5.91 Å². The molecule has 7 heteroatoms. The van der Waals surface area contributed by atoms with Crippen LogP contribution in [0.2, 0.25) is 0 Å². The molecule has 2 aromatic rings. The van der Waals surface area contributed by atoms with Crippen molar-refractivity contribution < 1.29 is 28.9 Å². The monoisotopic (exact) mass is 401 g/mol. The van der Waals surface area contributed by atoms with Crippen LogP contribution >= 0.6 is 0 Å². The molecule has 0 aliphatic rings. The second kappa shape index (κ2) is 9.32. The Morgan fingerprint density at radius 1 is 1.03 bits per heavy atom. The van der Waals surface area contributed by atoms with Gasteiger partial charge in [0.2, 0.25) is 0 Å². The summed E-state index contributed by atoms with van der Waals surface area (Å²) in [4.78, 5) is 25.0. The Hall–Kier alpha value is -3.22. The zero-order chi connectivity index (χ0) is 21.7. The summed E-state index contributed by atoms with van der Waals surface area (Å²) in [5.41, 5.74) is 1.47. The molecular formula is C22H27NO6. The number of carbonyl (C=O) groups is 2. The topological polar surface area (TPSA) is 94.1 Å². The minimum atomic E-state index is -0.483. The van der Waals surface area contributed by atoms with Gasteiger partial charge in [-0.15, -0.1) is 0 Å². The van der Waals surface area contributed by atoms with Crippen molar-refractivity contribution in [3.8, 4) is 17.2 Å². The fourth-order valence-electron chi connectivity index (χ4n) is 2.63. The molecule has 0 aliphatic heterocycles. The third-order valence-electron chi connectivity index (χ3n) is 3.95. The summed E-state index contributed by atoms with van der Waals surface area (Å²) in [5, 5.41) is 12.9. The standard InChI is InChI=1S/C22H27NO6/c1-12(2)28-18-11-15(22(26)29-13(3)4)8-10-17(18)23-21(25)16-9-7-14(5)19(24)20(16)27-6/h7-13,24H,1-6H3,(H,23,25). The first-order chi connectivity index (χ1) is 13.6. The third kappa shape index (κ3) is 5.40. The first-order valence-corrected chi connectivity index (χ1v) is 9.33. The van der Waals surface area contributed by atoms with Gasteiger partial charge >= 0.3 is 5.97 Å². The van der Waals surface area contributed by atoms with Crippen LogP contribution in [0.5, 0.6) is 17.2 Å². The average molecular weight is 401 g/mol. The molecule has 156 valence electrons. The number of aryl methyl sites for hydroxylation is 1. The number of amides is 1. The maximum atomic E-state index is 12.8. The molecule has 0 spiro atoms. The van der Waals surface area contributed by atoms with Crippen LogP contribution in [0.1, 0.15) is 54.0 Å². The summed E-state index contributed by atoms with van der Waals surface area (Å²) < 4.78 is 16.2. The highest BCUT2D eigenvalue weighted by atomic mass is 16.5. The second-order valence-electron chi connectivity index (χ2n) is 7.10. The largest absolute Gasteiger partial charge is 0.504 e. The normalized spacial score (nSPS) is 10.8. The van der Waals surface area contributed by atoms with Gasteiger partial charge in [-0.25, -0.2) is 4.79 Å². The van der Waals surface area contributed by atoms with E-state index in [1.54, 1.807) is 45.0 Å². The predicted octanol–water partition coefficient (Wildman–Crippen LogP) is 4.31. The summed E-state index contributed by atoms with van der Waals surface area (Å²) in [7, 11) is 1.38. The van der Waals surface area contributed by atoms with E-state index in [9.17, 15) is 14.7 Å². The lowest BCUT2D eigenvalue weighted by atomic mass is 10.1. The number of benzene rings is 2. The maximum absolute atomic E-state index is 12.8. The zero-order valence-corrected chi connectivity index (χ0v) is 17.5. The van der Waals surface area contributed by atoms with Crippen LogP contribution in [0.25, 0.3) is 0 Å². The lowest BCUT2D eigenvalue weighted by Gasteiger charge is -2.17. The van der Waals surface area contributed by atoms with E-state index in [1.165, 1.54) is 13.2 Å².